The summed E-state index contributed by atoms with van der Waals surface area (Å²) in [5.74, 6) is 0.667. The normalized spacial score (nSPS) is 26.0. The molecule has 0 radical (unpaired) electrons. The number of aryl methyl sites for hydroxylation is 1. The molecular formula is C12H20N2O. The first kappa shape index (κ1) is 10.7. The Kier molecular flexibility index (Phi) is 3.44. The molecule has 1 fully saturated rings. The van der Waals surface area contributed by atoms with E-state index in [1.165, 1.54) is 12.1 Å². The van der Waals surface area contributed by atoms with Crippen molar-refractivity contribution in [1.29, 1.82) is 0 Å². The topological polar surface area (TPSA) is 37.2 Å². The first-order valence-electron chi connectivity index (χ1n) is 5.74. The van der Waals surface area contributed by atoms with E-state index >= 15 is 0 Å². The van der Waals surface area contributed by atoms with Crippen molar-refractivity contribution in [2.75, 3.05) is 6.54 Å². The van der Waals surface area contributed by atoms with Gasteiger partial charge in [-0.25, -0.2) is 0 Å². The molecule has 0 spiro atoms. The zero-order valence-electron chi connectivity index (χ0n) is 9.32. The molecule has 0 aromatic carbocycles. The number of rotatable bonds is 4. The fourth-order valence-corrected chi connectivity index (χ4v) is 2.32. The summed E-state index contributed by atoms with van der Waals surface area (Å²) in [7, 11) is 2.07. The van der Waals surface area contributed by atoms with Crippen LogP contribution in [0.25, 0.3) is 0 Å². The lowest BCUT2D eigenvalue weighted by Crippen LogP contribution is -2.22. The van der Waals surface area contributed by atoms with Crippen LogP contribution in [0.15, 0.2) is 18.3 Å². The SMILES string of the molecule is Cn1cccc1CNCC1CCC(O)C1. The van der Waals surface area contributed by atoms with Crippen LogP contribution in [0.2, 0.25) is 0 Å². The summed E-state index contributed by atoms with van der Waals surface area (Å²) in [6, 6.07) is 4.20. The minimum atomic E-state index is -0.0492. The molecule has 1 aromatic heterocycles. The average Bonchev–Trinajstić information content (AvgIpc) is 2.77. The Hall–Kier alpha value is -0.800. The number of nitrogens with one attached hydrogen (secondary N) is 1. The van der Waals surface area contributed by atoms with Crippen molar-refractivity contribution in [3.05, 3.63) is 24.0 Å². The van der Waals surface area contributed by atoms with Crippen molar-refractivity contribution in [1.82, 2.24) is 9.88 Å². The first-order valence-corrected chi connectivity index (χ1v) is 5.74. The molecule has 0 aliphatic heterocycles. The van der Waals surface area contributed by atoms with Gasteiger partial charge in [-0.1, -0.05) is 0 Å². The second-order valence-corrected chi connectivity index (χ2v) is 4.57. The van der Waals surface area contributed by atoms with Crippen LogP contribution < -0.4 is 5.32 Å². The Labute approximate surface area is 91.1 Å². The van der Waals surface area contributed by atoms with Gasteiger partial charge < -0.3 is 15.0 Å². The highest BCUT2D eigenvalue weighted by atomic mass is 16.3. The van der Waals surface area contributed by atoms with Gasteiger partial charge in [0.1, 0.15) is 0 Å². The van der Waals surface area contributed by atoms with Crippen molar-refractivity contribution in [3.63, 3.8) is 0 Å². The maximum absolute atomic E-state index is 9.40. The van der Waals surface area contributed by atoms with Gasteiger partial charge in [-0.05, 0) is 43.9 Å². The zero-order valence-corrected chi connectivity index (χ0v) is 9.32. The lowest BCUT2D eigenvalue weighted by molar-refractivity contribution is 0.177. The van der Waals surface area contributed by atoms with Gasteiger partial charge in [0.25, 0.3) is 0 Å². The molecule has 1 aromatic rings. The molecule has 1 heterocycles. The monoisotopic (exact) mass is 208 g/mol. The number of hydrogen-bond acceptors (Lipinski definition) is 2. The number of aliphatic hydroxyl groups excluding tert-OH is 1. The quantitative estimate of drug-likeness (QED) is 0.782. The predicted octanol–water partition coefficient (Wildman–Crippen LogP) is 1.28. The highest BCUT2D eigenvalue weighted by Gasteiger charge is 2.21. The van der Waals surface area contributed by atoms with Crippen LogP contribution in [-0.4, -0.2) is 22.3 Å². The van der Waals surface area contributed by atoms with E-state index in [0.717, 1.165) is 25.9 Å². The van der Waals surface area contributed by atoms with E-state index in [0.29, 0.717) is 5.92 Å². The second kappa shape index (κ2) is 4.81. The molecule has 1 saturated carbocycles. The van der Waals surface area contributed by atoms with Crippen LogP contribution in [0, 0.1) is 5.92 Å². The van der Waals surface area contributed by atoms with E-state index in [1.54, 1.807) is 0 Å². The fourth-order valence-electron chi connectivity index (χ4n) is 2.32. The van der Waals surface area contributed by atoms with E-state index in [2.05, 4.69) is 35.3 Å². The fraction of sp³-hybridized carbons (Fsp3) is 0.667. The van der Waals surface area contributed by atoms with Gasteiger partial charge in [0.15, 0.2) is 0 Å². The van der Waals surface area contributed by atoms with Gasteiger partial charge in [-0.3, -0.25) is 0 Å². The van der Waals surface area contributed by atoms with Gasteiger partial charge in [0.05, 0.1) is 6.10 Å². The highest BCUT2D eigenvalue weighted by Crippen LogP contribution is 2.24. The van der Waals surface area contributed by atoms with Gasteiger partial charge in [0.2, 0.25) is 0 Å². The van der Waals surface area contributed by atoms with Crippen LogP contribution in [-0.2, 0) is 13.6 Å². The van der Waals surface area contributed by atoms with E-state index < -0.39 is 0 Å². The van der Waals surface area contributed by atoms with E-state index in [-0.39, 0.29) is 6.10 Å². The maximum atomic E-state index is 9.40. The predicted molar refractivity (Wildman–Crippen MR) is 60.5 cm³/mol. The third kappa shape index (κ3) is 2.83. The summed E-state index contributed by atoms with van der Waals surface area (Å²) in [4.78, 5) is 0. The molecule has 1 aliphatic rings. The van der Waals surface area contributed by atoms with E-state index in [9.17, 15) is 5.11 Å². The van der Waals surface area contributed by atoms with E-state index in [1.807, 2.05) is 0 Å². The third-order valence-electron chi connectivity index (χ3n) is 3.30. The van der Waals surface area contributed by atoms with Crippen LogP contribution >= 0.6 is 0 Å². The van der Waals surface area contributed by atoms with Crippen LogP contribution in [0.4, 0.5) is 0 Å². The standard InChI is InChI=1S/C12H20N2O/c1-14-6-2-3-11(14)9-13-8-10-4-5-12(15)7-10/h2-3,6,10,12-13,15H,4-5,7-9H2,1H3. The van der Waals surface area contributed by atoms with Gasteiger partial charge in [-0.2, -0.15) is 0 Å². The maximum Gasteiger partial charge on any atom is 0.0543 e. The summed E-state index contributed by atoms with van der Waals surface area (Å²) >= 11 is 0. The van der Waals surface area contributed by atoms with Crippen molar-refractivity contribution in [2.45, 2.75) is 31.9 Å². The smallest absolute Gasteiger partial charge is 0.0543 e. The average molecular weight is 208 g/mol. The van der Waals surface area contributed by atoms with E-state index in [4.69, 9.17) is 0 Å². The summed E-state index contributed by atoms with van der Waals surface area (Å²) in [5.41, 5.74) is 1.31. The van der Waals surface area contributed by atoms with Gasteiger partial charge in [0, 0.05) is 25.5 Å². The van der Waals surface area contributed by atoms with Crippen molar-refractivity contribution < 1.29 is 5.11 Å². The molecule has 0 saturated heterocycles. The highest BCUT2D eigenvalue weighted by molar-refractivity contribution is 5.05. The lowest BCUT2D eigenvalue weighted by Gasteiger charge is -2.11. The molecule has 3 nitrogen and oxygen atoms in total. The molecule has 15 heavy (non-hydrogen) atoms. The Balaban J connectivity index is 1.69. The molecule has 3 heteroatoms. The summed E-state index contributed by atoms with van der Waals surface area (Å²) in [6.45, 7) is 1.96. The molecule has 0 amide bonds. The summed E-state index contributed by atoms with van der Waals surface area (Å²) in [6.07, 6.45) is 5.14. The Bertz CT molecular complexity index is 308. The zero-order chi connectivity index (χ0) is 10.7. The van der Waals surface area contributed by atoms with Gasteiger partial charge >= 0.3 is 0 Å². The van der Waals surface area contributed by atoms with Crippen molar-refractivity contribution in [3.8, 4) is 0 Å². The second-order valence-electron chi connectivity index (χ2n) is 4.57. The summed E-state index contributed by atoms with van der Waals surface area (Å²) < 4.78 is 2.14. The lowest BCUT2D eigenvalue weighted by atomic mass is 10.1. The van der Waals surface area contributed by atoms with Crippen LogP contribution in [0.1, 0.15) is 25.0 Å². The molecule has 1 aliphatic carbocycles. The molecular weight excluding hydrogens is 188 g/mol. The number of hydrogen-bond donors (Lipinski definition) is 2. The molecule has 2 atom stereocenters. The summed E-state index contributed by atoms with van der Waals surface area (Å²) in [5, 5.41) is 12.9. The van der Waals surface area contributed by atoms with Crippen LogP contribution in [0.5, 0.6) is 0 Å². The first-order chi connectivity index (χ1) is 7.25. The molecule has 0 bridgehead atoms. The van der Waals surface area contributed by atoms with Gasteiger partial charge in [-0.15, -0.1) is 0 Å². The Morgan fingerprint density at radius 1 is 1.53 bits per heavy atom. The molecule has 84 valence electrons. The number of aromatic nitrogens is 1. The minimum Gasteiger partial charge on any atom is -0.393 e. The minimum absolute atomic E-state index is 0.0492. The number of nitrogens with zero attached hydrogens (tertiary/aromatic N) is 1. The van der Waals surface area contributed by atoms with Crippen molar-refractivity contribution in [2.24, 2.45) is 13.0 Å². The van der Waals surface area contributed by atoms with Crippen LogP contribution in [0.3, 0.4) is 0 Å². The molecule has 2 rings (SSSR count). The molecule has 2 N–H and O–H groups in total. The Morgan fingerprint density at radius 3 is 3.00 bits per heavy atom. The van der Waals surface area contributed by atoms with Crippen molar-refractivity contribution >= 4 is 0 Å². The Morgan fingerprint density at radius 2 is 2.40 bits per heavy atom. The largest absolute Gasteiger partial charge is 0.393 e. The third-order valence-corrected chi connectivity index (χ3v) is 3.30. The number of aliphatic hydroxyl groups is 1. The molecule has 2 unspecified atom stereocenters.